The van der Waals surface area contributed by atoms with Gasteiger partial charge in [-0.3, -0.25) is 0 Å². The summed E-state index contributed by atoms with van der Waals surface area (Å²) >= 11 is 6.08. The van der Waals surface area contributed by atoms with Crippen LogP contribution in [0.4, 0.5) is 4.79 Å². The number of aryl methyl sites for hydroxylation is 1. The lowest BCUT2D eigenvalue weighted by molar-refractivity contribution is 0.00546. The van der Waals surface area contributed by atoms with E-state index in [0.717, 1.165) is 17.5 Å². The molecule has 226 valence electrons. The summed E-state index contributed by atoms with van der Waals surface area (Å²) in [6, 6.07) is 16.9. The van der Waals surface area contributed by atoms with Crippen LogP contribution in [0.25, 0.3) is 0 Å². The summed E-state index contributed by atoms with van der Waals surface area (Å²) in [6.07, 6.45) is 0.176. The summed E-state index contributed by atoms with van der Waals surface area (Å²) in [5.41, 5.74) is 1.04. The van der Waals surface area contributed by atoms with E-state index in [1.54, 1.807) is 63.2 Å². The van der Waals surface area contributed by atoms with Gasteiger partial charge in [0.05, 0.1) is 28.0 Å². The van der Waals surface area contributed by atoms with E-state index in [1.807, 2.05) is 13.8 Å². The van der Waals surface area contributed by atoms with Crippen LogP contribution in [0.3, 0.4) is 0 Å². The molecule has 0 aromatic heterocycles. The molecule has 0 aliphatic heterocycles. The molecule has 0 unspecified atom stereocenters. The largest absolute Gasteiger partial charge is 0.478 e. The molecule has 10 heteroatoms. The molecule has 0 saturated heterocycles. The number of nitrogens with zero attached hydrogens (tertiary/aromatic N) is 1. The lowest BCUT2D eigenvalue weighted by Gasteiger charge is -2.33. The van der Waals surface area contributed by atoms with Crippen molar-refractivity contribution in [2.45, 2.75) is 81.4 Å². The summed E-state index contributed by atoms with van der Waals surface area (Å²) in [7, 11) is -4.10. The number of hydrogen-bond donors (Lipinski definition) is 2. The maximum Gasteiger partial charge on any atom is 0.410 e. The van der Waals surface area contributed by atoms with Gasteiger partial charge in [-0.25, -0.2) is 18.0 Å². The van der Waals surface area contributed by atoms with Crippen LogP contribution in [0.15, 0.2) is 76.5 Å². The molecule has 3 aromatic rings. The minimum atomic E-state index is -4.10. The molecule has 1 amide bonds. The molecule has 3 aromatic carbocycles. The quantitative estimate of drug-likeness (QED) is 0.245. The lowest BCUT2D eigenvalue weighted by atomic mass is 10.0. The number of aliphatic hydroxyl groups is 1. The van der Waals surface area contributed by atoms with Gasteiger partial charge in [-0.1, -0.05) is 55.3 Å². The van der Waals surface area contributed by atoms with Crippen LogP contribution in [0.2, 0.25) is 5.02 Å². The van der Waals surface area contributed by atoms with Gasteiger partial charge < -0.3 is 19.8 Å². The number of aromatic carboxylic acids is 1. The fourth-order valence-electron chi connectivity index (χ4n) is 4.57. The minimum Gasteiger partial charge on any atom is -0.478 e. The zero-order chi connectivity index (χ0) is 31.2. The number of carbonyl (C=O) groups excluding carboxylic acids is 1. The fraction of sp³-hybridized carbons (Fsp3) is 0.375. The number of benzene rings is 3. The van der Waals surface area contributed by atoms with Crippen molar-refractivity contribution in [1.29, 1.82) is 0 Å². The average molecular weight is 616 g/mol. The van der Waals surface area contributed by atoms with Gasteiger partial charge in [-0.2, -0.15) is 0 Å². The first-order valence-corrected chi connectivity index (χ1v) is 15.6. The highest BCUT2D eigenvalue weighted by Gasteiger charge is 2.29. The second kappa shape index (κ2) is 13.7. The van der Waals surface area contributed by atoms with Crippen molar-refractivity contribution >= 4 is 33.5 Å². The number of carbonyl (C=O) groups is 2. The molecule has 0 bridgehead atoms. The summed E-state index contributed by atoms with van der Waals surface area (Å²) in [6.45, 7) is 9.00. The highest BCUT2D eigenvalue weighted by atomic mass is 35.5. The number of carboxylic acid groups (broad SMARTS) is 1. The molecule has 0 spiro atoms. The topological polar surface area (TPSA) is 121 Å². The Morgan fingerprint density at radius 1 is 1.00 bits per heavy atom. The number of aliphatic hydroxyl groups excluding tert-OH is 1. The van der Waals surface area contributed by atoms with Crippen molar-refractivity contribution in [1.82, 2.24) is 4.90 Å². The molecule has 3 rings (SSSR count). The van der Waals surface area contributed by atoms with E-state index in [1.165, 1.54) is 29.2 Å². The van der Waals surface area contributed by atoms with Gasteiger partial charge in [0.1, 0.15) is 5.60 Å². The molecule has 0 aliphatic rings. The third-order valence-corrected chi connectivity index (χ3v) is 8.69. The predicted molar refractivity (Wildman–Crippen MR) is 162 cm³/mol. The molecule has 0 aliphatic carbocycles. The van der Waals surface area contributed by atoms with Crippen molar-refractivity contribution in [2.24, 2.45) is 0 Å². The number of halogens is 1. The van der Waals surface area contributed by atoms with Crippen molar-refractivity contribution in [3.8, 4) is 0 Å². The number of sulfone groups is 1. The number of ether oxygens (including phenoxy) is 1. The monoisotopic (exact) mass is 615 g/mol. The number of amides is 1. The summed E-state index contributed by atoms with van der Waals surface area (Å²) in [5.74, 6) is -1.31. The van der Waals surface area contributed by atoms with Gasteiger partial charge in [0.2, 0.25) is 9.84 Å². The third kappa shape index (κ3) is 8.56. The zero-order valence-electron chi connectivity index (χ0n) is 24.5. The molecule has 0 radical (unpaired) electrons. The van der Waals surface area contributed by atoms with Crippen molar-refractivity contribution < 1.29 is 33.0 Å². The highest BCUT2D eigenvalue weighted by Crippen LogP contribution is 2.27. The van der Waals surface area contributed by atoms with E-state index < -0.39 is 39.6 Å². The van der Waals surface area contributed by atoms with Crippen LogP contribution in [0.5, 0.6) is 0 Å². The van der Waals surface area contributed by atoms with Gasteiger partial charge in [-0.05, 0) is 93.6 Å². The van der Waals surface area contributed by atoms with Crippen molar-refractivity contribution in [2.75, 3.05) is 6.54 Å². The third-order valence-electron chi connectivity index (χ3n) is 6.63. The first kappa shape index (κ1) is 33.1. The Morgan fingerprint density at radius 3 is 2.21 bits per heavy atom. The van der Waals surface area contributed by atoms with Crippen LogP contribution in [-0.2, 0) is 27.4 Å². The molecular formula is C32H38ClNO7S. The zero-order valence-corrected chi connectivity index (χ0v) is 26.1. The SMILES string of the molecule is CCCc1ccc(S(=O)(=O)c2ccc(C[C@@H](C)N(C[C@H](O)c3cccc(Cl)c3)C(=O)OC(C)(C)C)cc2)c(C(=O)O)c1. The molecule has 2 atom stereocenters. The second-order valence-corrected chi connectivity index (χ2v) is 13.6. The Kier molecular flexibility index (Phi) is 10.8. The first-order valence-electron chi connectivity index (χ1n) is 13.8. The maximum absolute atomic E-state index is 13.4. The Hall–Kier alpha value is -3.40. The minimum absolute atomic E-state index is 0.0370. The smallest absolute Gasteiger partial charge is 0.410 e. The summed E-state index contributed by atoms with van der Waals surface area (Å²) in [5, 5.41) is 21.1. The van der Waals surface area contributed by atoms with Crippen LogP contribution in [-0.4, -0.2) is 53.8 Å². The predicted octanol–water partition coefficient (Wildman–Crippen LogP) is 6.73. The van der Waals surface area contributed by atoms with E-state index in [4.69, 9.17) is 16.3 Å². The average Bonchev–Trinajstić information content (AvgIpc) is 2.90. The van der Waals surface area contributed by atoms with Crippen molar-refractivity contribution in [3.05, 3.63) is 94.0 Å². The molecule has 42 heavy (non-hydrogen) atoms. The van der Waals surface area contributed by atoms with E-state index in [9.17, 15) is 28.2 Å². The summed E-state index contributed by atoms with van der Waals surface area (Å²) < 4.78 is 32.4. The summed E-state index contributed by atoms with van der Waals surface area (Å²) in [4.78, 5) is 26.2. The number of carboxylic acids is 1. The van der Waals surface area contributed by atoms with Gasteiger partial charge in [-0.15, -0.1) is 0 Å². The lowest BCUT2D eigenvalue weighted by Crippen LogP contribution is -2.45. The fourth-order valence-corrected chi connectivity index (χ4v) is 6.20. The molecular weight excluding hydrogens is 578 g/mol. The van der Waals surface area contributed by atoms with E-state index >= 15 is 0 Å². The maximum atomic E-state index is 13.4. The van der Waals surface area contributed by atoms with E-state index in [2.05, 4.69) is 0 Å². The number of rotatable bonds is 11. The van der Waals surface area contributed by atoms with Crippen LogP contribution in [0, 0.1) is 0 Å². The molecule has 2 N–H and O–H groups in total. The van der Waals surface area contributed by atoms with Gasteiger partial charge in [0.25, 0.3) is 0 Å². The van der Waals surface area contributed by atoms with Crippen molar-refractivity contribution in [3.63, 3.8) is 0 Å². The Labute approximate surface area is 252 Å². The first-order chi connectivity index (χ1) is 19.6. The molecule has 0 fully saturated rings. The van der Waals surface area contributed by atoms with Gasteiger partial charge in [0, 0.05) is 11.1 Å². The second-order valence-electron chi connectivity index (χ2n) is 11.3. The van der Waals surface area contributed by atoms with Crippen LogP contribution < -0.4 is 0 Å². The van der Waals surface area contributed by atoms with Crippen LogP contribution >= 0.6 is 11.6 Å². The van der Waals surface area contributed by atoms with Gasteiger partial charge in [0.15, 0.2) is 0 Å². The highest BCUT2D eigenvalue weighted by molar-refractivity contribution is 7.91. The molecule has 0 saturated carbocycles. The normalized spacial score (nSPS) is 13.3. The molecule has 8 nitrogen and oxygen atoms in total. The van der Waals surface area contributed by atoms with Gasteiger partial charge >= 0.3 is 12.1 Å². The Morgan fingerprint density at radius 2 is 1.64 bits per heavy atom. The Bertz CT molecular complexity index is 1510. The standard InChI is InChI=1S/C32H38ClNO7S/c1-6-8-22-13-16-29(27(18-22)30(36)37)42(39,40)26-14-11-23(12-15-26)17-21(2)34(31(38)41-32(3,4)5)20-28(35)24-9-7-10-25(33)19-24/h7,9-16,18-19,21,28,35H,6,8,17,20H2,1-5H3,(H,36,37)/t21-,28+/m1/s1. The van der Waals surface area contributed by atoms with E-state index in [-0.39, 0.29) is 21.9 Å². The molecule has 0 heterocycles. The Balaban J connectivity index is 1.85. The number of hydrogen-bond acceptors (Lipinski definition) is 6. The van der Waals surface area contributed by atoms with Crippen LogP contribution in [0.1, 0.15) is 74.2 Å². The van der Waals surface area contributed by atoms with E-state index in [0.29, 0.717) is 23.4 Å².